The van der Waals surface area contributed by atoms with E-state index >= 15 is 0 Å². The van der Waals surface area contributed by atoms with Gasteiger partial charge in [0.05, 0.1) is 12.7 Å². The number of pyridine rings is 2. The average molecular weight is 531 g/mol. The Balaban J connectivity index is 0.000000204. The first-order chi connectivity index (χ1) is 18.5. The summed E-state index contributed by atoms with van der Waals surface area (Å²) in [6.07, 6.45) is 6.30. The number of para-hydroxylation sites is 1. The minimum atomic E-state index is -0.278. The molecule has 4 aromatic rings. The van der Waals surface area contributed by atoms with Gasteiger partial charge < -0.3 is 10.1 Å². The van der Waals surface area contributed by atoms with Crippen molar-refractivity contribution in [2.24, 2.45) is 0 Å². The third-order valence-electron chi connectivity index (χ3n) is 6.20. The predicted molar refractivity (Wildman–Crippen MR) is 152 cm³/mol. The molecule has 4 heterocycles. The van der Waals surface area contributed by atoms with Gasteiger partial charge in [0, 0.05) is 53.9 Å². The molecule has 5 rings (SSSR count). The molecule has 1 aromatic carbocycles. The van der Waals surface area contributed by atoms with Crippen LogP contribution in [0.2, 0.25) is 0 Å². The van der Waals surface area contributed by atoms with Gasteiger partial charge in [-0.25, -0.2) is 0 Å². The standard InChI is InChI=1S/C17H16N4O2S.C12H18N2/c1-10-8-13(12-6-4-5-7-15(12)23-3)14(9-18-10)16(22)19-17-21-20-11(2)24-17;1-2-3-4-11-6-5-10-9-13-8-7-12(10)14-11/h4-9H,1-3H3,(H,19,21,22);5-6,13H,2-4,7-9H2,1H3. The van der Waals surface area contributed by atoms with Crippen LogP contribution >= 0.6 is 11.3 Å². The fourth-order valence-electron chi connectivity index (χ4n) is 4.22. The lowest BCUT2D eigenvalue weighted by atomic mass is 9.99. The van der Waals surface area contributed by atoms with Gasteiger partial charge in [0.25, 0.3) is 5.91 Å². The lowest BCUT2D eigenvalue weighted by Gasteiger charge is -2.16. The van der Waals surface area contributed by atoms with E-state index < -0.39 is 0 Å². The van der Waals surface area contributed by atoms with Crippen LogP contribution in [0.15, 0.2) is 48.7 Å². The van der Waals surface area contributed by atoms with Crippen molar-refractivity contribution in [3.05, 3.63) is 81.9 Å². The van der Waals surface area contributed by atoms with Crippen molar-refractivity contribution in [3.63, 3.8) is 0 Å². The number of benzene rings is 1. The van der Waals surface area contributed by atoms with Gasteiger partial charge in [-0.15, -0.1) is 10.2 Å². The number of nitrogens with zero attached hydrogens (tertiary/aromatic N) is 4. The number of hydrogen-bond acceptors (Lipinski definition) is 8. The molecule has 8 nitrogen and oxygen atoms in total. The van der Waals surface area contributed by atoms with E-state index in [0.717, 1.165) is 47.8 Å². The number of nitrogens with one attached hydrogen (secondary N) is 2. The van der Waals surface area contributed by atoms with Crippen LogP contribution in [0.1, 0.15) is 57.8 Å². The fourth-order valence-corrected chi connectivity index (χ4v) is 4.81. The van der Waals surface area contributed by atoms with Gasteiger partial charge in [0.1, 0.15) is 10.8 Å². The first-order valence-electron chi connectivity index (χ1n) is 12.9. The quantitative estimate of drug-likeness (QED) is 0.323. The third-order valence-corrected chi connectivity index (χ3v) is 6.95. The minimum Gasteiger partial charge on any atom is -0.496 e. The molecular weight excluding hydrogens is 496 g/mol. The SMILES string of the molecule is CCCCc1ccc2c(n1)CCNC2.COc1ccccc1-c1cc(C)ncc1C(=O)Nc1nnc(C)s1. The number of fused-ring (bicyclic) bond motifs is 1. The Kier molecular flexibility index (Phi) is 9.51. The zero-order chi connectivity index (χ0) is 26.9. The summed E-state index contributed by atoms with van der Waals surface area (Å²) in [5.74, 6) is 0.420. The number of aromatic nitrogens is 4. The van der Waals surface area contributed by atoms with Crippen LogP contribution in [0.3, 0.4) is 0 Å². The summed E-state index contributed by atoms with van der Waals surface area (Å²) >= 11 is 1.32. The molecule has 9 heteroatoms. The monoisotopic (exact) mass is 530 g/mol. The highest BCUT2D eigenvalue weighted by Gasteiger charge is 2.18. The highest BCUT2D eigenvalue weighted by Crippen LogP contribution is 2.32. The van der Waals surface area contributed by atoms with Gasteiger partial charge in [-0.2, -0.15) is 0 Å². The van der Waals surface area contributed by atoms with Gasteiger partial charge in [0.15, 0.2) is 0 Å². The lowest BCUT2D eigenvalue weighted by Crippen LogP contribution is -2.24. The van der Waals surface area contributed by atoms with Crippen molar-refractivity contribution < 1.29 is 9.53 Å². The van der Waals surface area contributed by atoms with Crippen molar-refractivity contribution in [1.29, 1.82) is 0 Å². The van der Waals surface area contributed by atoms with Crippen LogP contribution in [-0.2, 0) is 19.4 Å². The number of amides is 1. The number of methoxy groups -OCH3 is 1. The molecule has 0 fully saturated rings. The number of rotatable bonds is 7. The van der Waals surface area contributed by atoms with E-state index in [1.807, 2.05) is 44.2 Å². The molecule has 0 bridgehead atoms. The molecule has 0 atom stereocenters. The number of ether oxygens (including phenoxy) is 1. The third kappa shape index (κ3) is 6.99. The summed E-state index contributed by atoms with van der Waals surface area (Å²) in [6, 6.07) is 13.9. The normalized spacial score (nSPS) is 12.2. The summed E-state index contributed by atoms with van der Waals surface area (Å²) < 4.78 is 5.42. The summed E-state index contributed by atoms with van der Waals surface area (Å²) in [7, 11) is 1.61. The van der Waals surface area contributed by atoms with Crippen LogP contribution in [-0.4, -0.2) is 39.7 Å². The molecule has 0 radical (unpaired) electrons. The number of aryl methyl sites for hydroxylation is 3. The molecule has 198 valence electrons. The number of carbonyl (C=O) groups is 1. The lowest BCUT2D eigenvalue weighted by molar-refractivity contribution is 0.102. The molecular formula is C29H34N6O2S. The number of carbonyl (C=O) groups excluding carboxylic acids is 1. The van der Waals surface area contributed by atoms with E-state index in [4.69, 9.17) is 9.72 Å². The summed E-state index contributed by atoms with van der Waals surface area (Å²) in [5, 5.41) is 15.2. The Hall–Kier alpha value is -3.69. The molecule has 0 unspecified atom stereocenters. The highest BCUT2D eigenvalue weighted by molar-refractivity contribution is 7.15. The molecule has 0 saturated carbocycles. The highest BCUT2D eigenvalue weighted by atomic mass is 32.1. The zero-order valence-corrected chi connectivity index (χ0v) is 23.2. The van der Waals surface area contributed by atoms with Gasteiger partial charge >= 0.3 is 0 Å². The summed E-state index contributed by atoms with van der Waals surface area (Å²) in [5.41, 5.74) is 6.85. The van der Waals surface area contributed by atoms with Crippen LogP contribution in [0, 0.1) is 13.8 Å². The molecule has 2 N–H and O–H groups in total. The van der Waals surface area contributed by atoms with E-state index in [9.17, 15) is 4.79 Å². The van der Waals surface area contributed by atoms with Crippen LogP contribution in [0.5, 0.6) is 5.75 Å². The fraction of sp³-hybridized carbons (Fsp3) is 0.345. The topological polar surface area (TPSA) is 102 Å². The van der Waals surface area contributed by atoms with Gasteiger partial charge in [-0.3, -0.25) is 20.1 Å². The minimum absolute atomic E-state index is 0.278. The van der Waals surface area contributed by atoms with Gasteiger partial charge in [-0.1, -0.05) is 48.9 Å². The molecule has 3 aromatic heterocycles. The Morgan fingerprint density at radius 3 is 2.74 bits per heavy atom. The number of unbranched alkanes of at least 4 members (excludes halogenated alkanes) is 1. The first-order valence-corrected chi connectivity index (χ1v) is 13.7. The predicted octanol–water partition coefficient (Wildman–Crippen LogP) is 5.55. The molecule has 1 aliphatic heterocycles. The van der Waals surface area contributed by atoms with Crippen LogP contribution in [0.25, 0.3) is 11.1 Å². The van der Waals surface area contributed by atoms with Crippen molar-refractivity contribution in [2.75, 3.05) is 19.0 Å². The smallest absolute Gasteiger partial charge is 0.259 e. The molecule has 0 aliphatic carbocycles. The molecule has 1 amide bonds. The molecule has 0 spiro atoms. The van der Waals surface area contributed by atoms with E-state index in [2.05, 4.69) is 44.9 Å². The number of anilines is 1. The van der Waals surface area contributed by atoms with Crippen molar-refractivity contribution in [3.8, 4) is 16.9 Å². The second-order valence-corrected chi connectivity index (χ2v) is 10.3. The Morgan fingerprint density at radius 2 is 1.97 bits per heavy atom. The van der Waals surface area contributed by atoms with E-state index in [1.165, 1.54) is 41.1 Å². The largest absolute Gasteiger partial charge is 0.496 e. The Bertz CT molecular complexity index is 1390. The van der Waals surface area contributed by atoms with E-state index in [1.54, 1.807) is 13.3 Å². The molecule has 1 aliphatic rings. The maximum atomic E-state index is 12.7. The van der Waals surface area contributed by atoms with Crippen molar-refractivity contribution in [1.82, 2.24) is 25.5 Å². The second kappa shape index (κ2) is 13.2. The number of hydrogen-bond donors (Lipinski definition) is 2. The van der Waals surface area contributed by atoms with E-state index in [0.29, 0.717) is 16.4 Å². The summed E-state index contributed by atoms with van der Waals surface area (Å²) in [6.45, 7) is 8.02. The molecule has 0 saturated heterocycles. The van der Waals surface area contributed by atoms with Gasteiger partial charge in [0.2, 0.25) is 5.13 Å². The van der Waals surface area contributed by atoms with Crippen molar-refractivity contribution >= 4 is 22.4 Å². The Morgan fingerprint density at radius 1 is 1.13 bits per heavy atom. The van der Waals surface area contributed by atoms with Gasteiger partial charge in [-0.05, 0) is 50.5 Å². The van der Waals surface area contributed by atoms with Crippen molar-refractivity contribution in [2.45, 2.75) is 53.0 Å². The van der Waals surface area contributed by atoms with E-state index in [-0.39, 0.29) is 5.91 Å². The maximum Gasteiger partial charge on any atom is 0.259 e. The maximum absolute atomic E-state index is 12.7. The zero-order valence-electron chi connectivity index (χ0n) is 22.4. The van der Waals surface area contributed by atoms with Crippen LogP contribution in [0.4, 0.5) is 5.13 Å². The average Bonchev–Trinajstić information content (AvgIpc) is 3.36. The molecule has 38 heavy (non-hydrogen) atoms. The first kappa shape index (κ1) is 27.3. The second-order valence-electron chi connectivity index (χ2n) is 9.09. The van der Waals surface area contributed by atoms with Crippen LogP contribution < -0.4 is 15.4 Å². The Labute approximate surface area is 227 Å². The summed E-state index contributed by atoms with van der Waals surface area (Å²) in [4.78, 5) is 21.6.